The number of hydrogen-bond acceptors (Lipinski definition) is 6. The number of carbonyl (C=O) groups is 2. The number of benzene rings is 3. The summed E-state index contributed by atoms with van der Waals surface area (Å²) in [5.74, 6) is 0.502. The van der Waals surface area contributed by atoms with Gasteiger partial charge in [0.15, 0.2) is 6.61 Å². The molecule has 0 aliphatic carbocycles. The topological polar surface area (TPSA) is 106 Å². The van der Waals surface area contributed by atoms with E-state index in [4.69, 9.17) is 20.9 Å². The Morgan fingerprint density at radius 2 is 1.55 bits per heavy atom. The Morgan fingerprint density at radius 1 is 0.909 bits per heavy atom. The van der Waals surface area contributed by atoms with Gasteiger partial charge in [0.05, 0.1) is 10.6 Å². The summed E-state index contributed by atoms with van der Waals surface area (Å²) in [6.07, 6.45) is 0. The lowest BCUT2D eigenvalue weighted by Crippen LogP contribution is -2.20. The molecule has 1 heterocycles. The van der Waals surface area contributed by atoms with Crippen molar-refractivity contribution in [3.8, 4) is 28.6 Å². The van der Waals surface area contributed by atoms with E-state index in [-0.39, 0.29) is 24.3 Å². The van der Waals surface area contributed by atoms with Crippen molar-refractivity contribution in [3.05, 3.63) is 77.8 Å². The maximum Gasteiger partial charge on any atom is 0.262 e. The van der Waals surface area contributed by atoms with Crippen LogP contribution in [-0.4, -0.2) is 28.6 Å². The standard InChI is InChI=1S/C24H19ClN4O4/c1-15(30)26-16-10-12-17(13-11-16)27-22(31)14-32-21-9-5-3-7-19(21)24-28-23(29-33-24)18-6-2-4-8-20(18)25/h2-13H,14H2,1H3,(H,26,30)(H,27,31). The Labute approximate surface area is 194 Å². The van der Waals surface area contributed by atoms with Crippen molar-refractivity contribution in [1.29, 1.82) is 0 Å². The molecule has 3 aromatic carbocycles. The number of amides is 2. The monoisotopic (exact) mass is 462 g/mol. The van der Waals surface area contributed by atoms with Crippen molar-refractivity contribution in [3.63, 3.8) is 0 Å². The summed E-state index contributed by atoms with van der Waals surface area (Å²) < 4.78 is 11.1. The smallest absolute Gasteiger partial charge is 0.262 e. The van der Waals surface area contributed by atoms with E-state index in [1.165, 1.54) is 6.92 Å². The van der Waals surface area contributed by atoms with Crippen LogP contribution < -0.4 is 15.4 Å². The predicted molar refractivity (Wildman–Crippen MR) is 125 cm³/mol. The van der Waals surface area contributed by atoms with Crippen LogP contribution in [0.3, 0.4) is 0 Å². The highest BCUT2D eigenvalue weighted by Crippen LogP contribution is 2.32. The van der Waals surface area contributed by atoms with E-state index in [0.717, 1.165) is 0 Å². The van der Waals surface area contributed by atoms with Gasteiger partial charge in [0.25, 0.3) is 11.8 Å². The zero-order chi connectivity index (χ0) is 23.2. The molecule has 166 valence electrons. The van der Waals surface area contributed by atoms with Crippen molar-refractivity contribution in [2.24, 2.45) is 0 Å². The van der Waals surface area contributed by atoms with E-state index >= 15 is 0 Å². The van der Waals surface area contributed by atoms with Gasteiger partial charge in [-0.2, -0.15) is 4.98 Å². The molecule has 9 heteroatoms. The van der Waals surface area contributed by atoms with E-state index in [0.29, 0.717) is 39.1 Å². The first kappa shape index (κ1) is 22.0. The molecule has 0 aliphatic heterocycles. The number of halogens is 1. The molecule has 2 amide bonds. The number of nitrogens with one attached hydrogen (secondary N) is 2. The largest absolute Gasteiger partial charge is 0.483 e. The second-order valence-electron chi connectivity index (χ2n) is 6.99. The number of anilines is 2. The molecule has 4 rings (SSSR count). The summed E-state index contributed by atoms with van der Waals surface area (Å²) in [4.78, 5) is 27.9. The molecule has 0 fully saturated rings. The van der Waals surface area contributed by atoms with E-state index in [1.807, 2.05) is 12.1 Å². The summed E-state index contributed by atoms with van der Waals surface area (Å²) >= 11 is 6.22. The second kappa shape index (κ2) is 9.97. The second-order valence-corrected chi connectivity index (χ2v) is 7.40. The van der Waals surface area contributed by atoms with E-state index in [9.17, 15) is 9.59 Å². The minimum atomic E-state index is -0.348. The first-order valence-corrected chi connectivity index (χ1v) is 10.4. The van der Waals surface area contributed by atoms with Crippen LogP contribution in [0, 0.1) is 0 Å². The lowest BCUT2D eigenvalue weighted by atomic mass is 10.2. The third-order valence-electron chi connectivity index (χ3n) is 4.51. The number of aromatic nitrogens is 2. The lowest BCUT2D eigenvalue weighted by molar-refractivity contribution is -0.118. The van der Waals surface area contributed by atoms with E-state index in [2.05, 4.69) is 20.8 Å². The highest BCUT2D eigenvalue weighted by atomic mass is 35.5. The maximum atomic E-state index is 12.4. The fourth-order valence-corrected chi connectivity index (χ4v) is 3.25. The molecule has 2 N–H and O–H groups in total. The van der Waals surface area contributed by atoms with Crippen LogP contribution in [0.2, 0.25) is 5.02 Å². The molecular weight excluding hydrogens is 444 g/mol. The van der Waals surface area contributed by atoms with Crippen LogP contribution in [0.15, 0.2) is 77.3 Å². The molecule has 33 heavy (non-hydrogen) atoms. The molecule has 0 saturated heterocycles. The summed E-state index contributed by atoms with van der Waals surface area (Å²) in [5, 5.41) is 9.93. The zero-order valence-electron chi connectivity index (χ0n) is 17.5. The van der Waals surface area contributed by atoms with Gasteiger partial charge in [0, 0.05) is 23.9 Å². The molecule has 8 nitrogen and oxygen atoms in total. The summed E-state index contributed by atoms with van der Waals surface area (Å²) in [6, 6.07) is 21.0. The minimum Gasteiger partial charge on any atom is -0.483 e. The van der Waals surface area contributed by atoms with Crippen molar-refractivity contribution in [2.45, 2.75) is 6.92 Å². The molecule has 0 unspecified atom stereocenters. The van der Waals surface area contributed by atoms with Crippen molar-refractivity contribution in [1.82, 2.24) is 10.1 Å². The van der Waals surface area contributed by atoms with E-state index in [1.54, 1.807) is 60.7 Å². The third-order valence-corrected chi connectivity index (χ3v) is 4.84. The van der Waals surface area contributed by atoms with Gasteiger partial charge in [-0.05, 0) is 48.5 Å². The van der Waals surface area contributed by atoms with Gasteiger partial charge in [0.2, 0.25) is 11.7 Å². The van der Waals surface area contributed by atoms with Crippen LogP contribution in [0.4, 0.5) is 11.4 Å². The molecule has 0 spiro atoms. The fourth-order valence-electron chi connectivity index (χ4n) is 3.03. The maximum absolute atomic E-state index is 12.4. The molecule has 0 saturated carbocycles. The molecule has 0 aliphatic rings. The summed E-state index contributed by atoms with van der Waals surface area (Å²) in [7, 11) is 0. The third kappa shape index (κ3) is 5.55. The first-order chi connectivity index (χ1) is 16.0. The van der Waals surface area contributed by atoms with Crippen molar-refractivity contribution < 1.29 is 18.8 Å². The molecule has 1 aromatic heterocycles. The summed E-state index contributed by atoms with van der Waals surface area (Å²) in [6.45, 7) is 1.20. The van der Waals surface area contributed by atoms with Gasteiger partial charge < -0.3 is 19.9 Å². The minimum absolute atomic E-state index is 0.168. The Kier molecular flexibility index (Phi) is 6.66. The quantitative estimate of drug-likeness (QED) is 0.399. The number of hydrogen-bond donors (Lipinski definition) is 2. The first-order valence-electron chi connectivity index (χ1n) is 9.98. The number of carbonyl (C=O) groups excluding carboxylic acids is 2. The Morgan fingerprint density at radius 3 is 2.24 bits per heavy atom. The highest BCUT2D eigenvalue weighted by molar-refractivity contribution is 6.33. The van der Waals surface area contributed by atoms with Crippen LogP contribution in [-0.2, 0) is 9.59 Å². The van der Waals surface area contributed by atoms with Crippen LogP contribution >= 0.6 is 11.6 Å². The summed E-state index contributed by atoms with van der Waals surface area (Å²) in [5.41, 5.74) is 2.42. The van der Waals surface area contributed by atoms with Gasteiger partial charge in [-0.3, -0.25) is 9.59 Å². The number of nitrogens with zero attached hydrogens (tertiary/aromatic N) is 2. The normalized spacial score (nSPS) is 10.5. The van der Waals surface area contributed by atoms with Crippen molar-refractivity contribution in [2.75, 3.05) is 17.2 Å². The van der Waals surface area contributed by atoms with Gasteiger partial charge in [0.1, 0.15) is 5.75 Å². The Bertz CT molecular complexity index is 1290. The van der Waals surface area contributed by atoms with E-state index < -0.39 is 0 Å². The number of para-hydroxylation sites is 1. The van der Waals surface area contributed by atoms with Gasteiger partial charge in [-0.15, -0.1) is 0 Å². The molecule has 0 atom stereocenters. The molecule has 4 aromatic rings. The Hall–Kier alpha value is -4.17. The SMILES string of the molecule is CC(=O)Nc1ccc(NC(=O)COc2ccccc2-c2nc(-c3ccccc3Cl)no2)cc1. The Balaban J connectivity index is 1.43. The molecule has 0 radical (unpaired) electrons. The zero-order valence-corrected chi connectivity index (χ0v) is 18.3. The average Bonchev–Trinajstić information content (AvgIpc) is 3.29. The molecular formula is C24H19ClN4O4. The fraction of sp³-hybridized carbons (Fsp3) is 0.0833. The van der Waals surface area contributed by atoms with Gasteiger partial charge >= 0.3 is 0 Å². The average molecular weight is 463 g/mol. The predicted octanol–water partition coefficient (Wildman–Crippen LogP) is 5.03. The number of rotatable bonds is 7. The van der Waals surface area contributed by atoms with Crippen molar-refractivity contribution >= 4 is 34.8 Å². The lowest BCUT2D eigenvalue weighted by Gasteiger charge is -2.10. The van der Waals surface area contributed by atoms with Crippen LogP contribution in [0.5, 0.6) is 5.75 Å². The van der Waals surface area contributed by atoms with Crippen LogP contribution in [0.25, 0.3) is 22.8 Å². The van der Waals surface area contributed by atoms with Gasteiger partial charge in [-0.25, -0.2) is 0 Å². The highest BCUT2D eigenvalue weighted by Gasteiger charge is 2.17. The van der Waals surface area contributed by atoms with Gasteiger partial charge in [-0.1, -0.05) is 41.0 Å². The van der Waals surface area contributed by atoms with Crippen LogP contribution in [0.1, 0.15) is 6.92 Å². The number of ether oxygens (including phenoxy) is 1. The molecule has 0 bridgehead atoms.